The van der Waals surface area contributed by atoms with Gasteiger partial charge in [0.25, 0.3) is 0 Å². The van der Waals surface area contributed by atoms with E-state index >= 15 is 0 Å². The van der Waals surface area contributed by atoms with Crippen molar-refractivity contribution in [1.29, 1.82) is 0 Å². The summed E-state index contributed by atoms with van der Waals surface area (Å²) in [5.41, 5.74) is 5.86. The zero-order valence-electron chi connectivity index (χ0n) is 39.6. The smallest absolute Gasteiger partial charge is 0.315 e. The standard InChI is InChI=1S/2C27H32O6/c1-5-17(6-2)33-26(29)27(14-15-27)16-32-24-21(11-13-23(30-3)25(24)31-4)18-8-7-9-20-19(18)10-12-22(20)28;1-4-5-16-32-26(29)27(14-7-15-27)17-33-24-21(11-13-23(30-2)25(24)31-3)18-8-6-9-20-19(18)10-12-22(20)28/h7-9,11,13,17H,5-6,10,12,14-16H2,1-4H3;6,8-9,11,13H,4-5,7,10,12,14-17H2,1-3H3. The minimum Gasteiger partial charge on any atom is -0.493 e. The maximum atomic E-state index is 12.9. The lowest BCUT2D eigenvalue weighted by molar-refractivity contribution is -0.164. The predicted octanol–water partition coefficient (Wildman–Crippen LogP) is 10.8. The van der Waals surface area contributed by atoms with Gasteiger partial charge in [0.05, 0.1) is 35.0 Å². The molecule has 4 aliphatic rings. The van der Waals surface area contributed by atoms with Crippen LogP contribution in [0.25, 0.3) is 22.3 Å². The fourth-order valence-corrected chi connectivity index (χ4v) is 9.18. The van der Waals surface area contributed by atoms with Crippen LogP contribution in [0.15, 0.2) is 60.7 Å². The van der Waals surface area contributed by atoms with E-state index in [1.165, 1.54) is 0 Å². The molecule has 4 aromatic rings. The largest absolute Gasteiger partial charge is 0.493 e. The second-order valence-corrected chi connectivity index (χ2v) is 17.7. The van der Waals surface area contributed by atoms with E-state index in [9.17, 15) is 19.2 Å². The Morgan fingerprint density at radius 1 is 0.545 bits per heavy atom. The Bertz CT molecular complexity index is 2420. The third-order valence-corrected chi connectivity index (χ3v) is 13.7. The molecule has 0 bridgehead atoms. The Hall–Kier alpha value is -6.04. The van der Waals surface area contributed by atoms with E-state index in [4.69, 9.17) is 37.9 Å². The van der Waals surface area contributed by atoms with Gasteiger partial charge in [-0.3, -0.25) is 19.2 Å². The number of Topliss-reactive ketones (excluding diaryl/α,β-unsaturated/α-hetero) is 2. The molecule has 0 aromatic heterocycles. The summed E-state index contributed by atoms with van der Waals surface area (Å²) in [6.07, 6.45) is 9.73. The van der Waals surface area contributed by atoms with Gasteiger partial charge in [-0.25, -0.2) is 0 Å². The molecule has 2 saturated carbocycles. The van der Waals surface area contributed by atoms with Crippen LogP contribution < -0.4 is 28.4 Å². The van der Waals surface area contributed by atoms with E-state index in [1.807, 2.05) is 74.5 Å². The number of unbranched alkanes of at least 4 members (excludes halogenated alkanes) is 1. The topological polar surface area (TPSA) is 142 Å². The molecule has 66 heavy (non-hydrogen) atoms. The highest BCUT2D eigenvalue weighted by molar-refractivity contribution is 6.03. The van der Waals surface area contributed by atoms with Crippen molar-refractivity contribution in [3.05, 3.63) is 82.9 Å². The van der Waals surface area contributed by atoms with Crippen molar-refractivity contribution in [3.8, 4) is 56.8 Å². The third kappa shape index (κ3) is 9.60. The molecule has 0 radical (unpaired) electrons. The molecule has 0 aliphatic heterocycles. The van der Waals surface area contributed by atoms with Gasteiger partial charge in [-0.15, -0.1) is 0 Å². The summed E-state index contributed by atoms with van der Waals surface area (Å²) in [4.78, 5) is 50.4. The number of rotatable bonds is 20. The number of carbonyl (C=O) groups is 4. The molecule has 0 heterocycles. The van der Waals surface area contributed by atoms with Gasteiger partial charge >= 0.3 is 11.9 Å². The predicted molar refractivity (Wildman–Crippen MR) is 251 cm³/mol. The van der Waals surface area contributed by atoms with Crippen molar-refractivity contribution in [2.75, 3.05) is 48.3 Å². The Morgan fingerprint density at radius 2 is 1.02 bits per heavy atom. The van der Waals surface area contributed by atoms with Crippen molar-refractivity contribution in [2.45, 2.75) is 110 Å². The Kier molecular flexibility index (Phi) is 15.3. The van der Waals surface area contributed by atoms with Crippen LogP contribution in [0.5, 0.6) is 34.5 Å². The van der Waals surface area contributed by atoms with E-state index < -0.39 is 10.8 Å². The van der Waals surface area contributed by atoms with Gasteiger partial charge in [0.2, 0.25) is 11.5 Å². The number of fused-ring (bicyclic) bond motifs is 2. The lowest BCUT2D eigenvalue weighted by atomic mass is 9.69. The first-order valence-corrected chi connectivity index (χ1v) is 23.5. The number of carbonyl (C=O) groups excluding carboxylic acids is 4. The highest BCUT2D eigenvalue weighted by Gasteiger charge is 2.53. The number of hydrogen-bond acceptors (Lipinski definition) is 12. The second kappa shape index (κ2) is 21.1. The number of methoxy groups -OCH3 is 4. The van der Waals surface area contributed by atoms with Crippen molar-refractivity contribution in [1.82, 2.24) is 0 Å². The average Bonchev–Trinajstić information content (AvgIpc) is 3.90. The Labute approximate surface area is 388 Å². The van der Waals surface area contributed by atoms with Crippen LogP contribution >= 0.6 is 0 Å². The zero-order valence-corrected chi connectivity index (χ0v) is 39.6. The average molecular weight is 905 g/mol. The van der Waals surface area contributed by atoms with Crippen LogP contribution in [0.3, 0.4) is 0 Å². The molecular formula is C54H64O12. The molecule has 8 rings (SSSR count). The van der Waals surface area contributed by atoms with Gasteiger partial charge in [-0.2, -0.15) is 0 Å². The van der Waals surface area contributed by atoms with Crippen molar-refractivity contribution < 1.29 is 57.1 Å². The maximum Gasteiger partial charge on any atom is 0.315 e. The fraction of sp³-hybridized carbons (Fsp3) is 0.481. The summed E-state index contributed by atoms with van der Waals surface area (Å²) in [5, 5.41) is 0. The molecule has 0 unspecified atom stereocenters. The number of ether oxygens (including phenoxy) is 8. The van der Waals surface area contributed by atoms with Crippen LogP contribution in [0.4, 0.5) is 0 Å². The Balaban J connectivity index is 0.000000196. The number of esters is 2. The first-order chi connectivity index (χ1) is 32.0. The summed E-state index contributed by atoms with van der Waals surface area (Å²) < 4.78 is 46.4. The minimum atomic E-state index is -0.631. The molecule has 0 N–H and O–H groups in total. The van der Waals surface area contributed by atoms with Crippen LogP contribution in [0.1, 0.15) is 123 Å². The zero-order chi connectivity index (χ0) is 47.0. The Morgan fingerprint density at radius 3 is 1.41 bits per heavy atom. The molecule has 0 spiro atoms. The molecule has 0 saturated heterocycles. The lowest BCUT2D eigenvalue weighted by Gasteiger charge is -2.39. The van der Waals surface area contributed by atoms with E-state index in [1.54, 1.807) is 28.4 Å². The van der Waals surface area contributed by atoms with Crippen LogP contribution in [0.2, 0.25) is 0 Å². The van der Waals surface area contributed by atoms with E-state index in [0.29, 0.717) is 66.8 Å². The lowest BCUT2D eigenvalue weighted by Crippen LogP contribution is -2.44. The molecule has 0 amide bonds. The number of benzene rings is 4. The number of ketones is 2. The van der Waals surface area contributed by atoms with Crippen LogP contribution in [-0.2, 0) is 31.9 Å². The molecule has 352 valence electrons. The van der Waals surface area contributed by atoms with Gasteiger partial charge in [-0.1, -0.05) is 70.0 Å². The quantitative estimate of drug-likeness (QED) is 0.0615. The number of hydrogen-bond donors (Lipinski definition) is 0. The van der Waals surface area contributed by atoms with Crippen LogP contribution in [-0.4, -0.2) is 77.9 Å². The van der Waals surface area contributed by atoms with Crippen molar-refractivity contribution in [3.63, 3.8) is 0 Å². The van der Waals surface area contributed by atoms with Gasteiger partial charge in [-0.05, 0) is 104 Å². The molecule has 4 aliphatic carbocycles. The monoisotopic (exact) mass is 904 g/mol. The highest BCUT2D eigenvalue weighted by atomic mass is 16.6. The first-order valence-electron chi connectivity index (χ1n) is 23.5. The van der Waals surface area contributed by atoms with E-state index in [-0.39, 0.29) is 42.8 Å². The van der Waals surface area contributed by atoms with Crippen molar-refractivity contribution in [2.24, 2.45) is 10.8 Å². The maximum absolute atomic E-state index is 12.9. The third-order valence-electron chi connectivity index (χ3n) is 13.7. The summed E-state index contributed by atoms with van der Waals surface area (Å²) >= 11 is 0. The van der Waals surface area contributed by atoms with Crippen molar-refractivity contribution >= 4 is 23.5 Å². The normalized spacial score (nSPS) is 15.9. The fourth-order valence-electron chi connectivity index (χ4n) is 9.18. The molecule has 0 atom stereocenters. The summed E-state index contributed by atoms with van der Waals surface area (Å²) in [6.45, 7) is 6.97. The van der Waals surface area contributed by atoms with E-state index in [0.717, 1.165) is 102 Å². The van der Waals surface area contributed by atoms with Gasteiger partial charge in [0.15, 0.2) is 34.6 Å². The van der Waals surface area contributed by atoms with Crippen LogP contribution in [0, 0.1) is 10.8 Å². The molecular weight excluding hydrogens is 841 g/mol. The van der Waals surface area contributed by atoms with Gasteiger partial charge in [0.1, 0.15) is 30.1 Å². The van der Waals surface area contributed by atoms with Gasteiger partial charge in [0, 0.05) is 35.1 Å². The van der Waals surface area contributed by atoms with Gasteiger partial charge < -0.3 is 37.9 Å². The molecule has 12 heteroatoms. The summed E-state index contributed by atoms with van der Waals surface area (Å²) in [7, 11) is 6.31. The highest BCUT2D eigenvalue weighted by Crippen LogP contribution is 2.52. The van der Waals surface area contributed by atoms with E-state index in [2.05, 4.69) is 6.92 Å². The SMILES string of the molecule is CCC(CC)OC(=O)C1(COc2c(-c3cccc4c3CCC4=O)ccc(OC)c2OC)CC1.CCCCOC(=O)C1(COc2c(-c3cccc4c3CCC4=O)ccc(OC)c2OC)CCC1. The summed E-state index contributed by atoms with van der Waals surface area (Å²) in [6, 6.07) is 19.1. The minimum absolute atomic E-state index is 0.0682. The molecule has 2 fully saturated rings. The molecule has 12 nitrogen and oxygen atoms in total. The summed E-state index contributed by atoms with van der Waals surface area (Å²) in [5.74, 6) is 3.05. The molecule has 4 aromatic carbocycles. The first kappa shape index (κ1) is 47.9. The second-order valence-electron chi connectivity index (χ2n) is 17.7.